The van der Waals surface area contributed by atoms with E-state index in [1.807, 2.05) is 24.3 Å². The van der Waals surface area contributed by atoms with Crippen molar-refractivity contribution in [3.05, 3.63) is 53.8 Å². The SMILES string of the molecule is COc1ccc(-c2nnc(SCc3cc(F)ccc3OC)o2)cc1. The van der Waals surface area contributed by atoms with E-state index < -0.39 is 0 Å². The molecule has 24 heavy (non-hydrogen) atoms. The third-order valence-corrected chi connectivity index (χ3v) is 4.20. The van der Waals surface area contributed by atoms with Gasteiger partial charge < -0.3 is 13.9 Å². The Morgan fingerprint density at radius 1 is 1.04 bits per heavy atom. The van der Waals surface area contributed by atoms with E-state index in [-0.39, 0.29) is 5.82 Å². The molecule has 0 aliphatic carbocycles. The zero-order valence-corrected chi connectivity index (χ0v) is 14.0. The van der Waals surface area contributed by atoms with Gasteiger partial charge in [-0.1, -0.05) is 11.8 Å². The summed E-state index contributed by atoms with van der Waals surface area (Å²) in [6.07, 6.45) is 0. The van der Waals surface area contributed by atoms with Crippen LogP contribution in [-0.2, 0) is 5.75 Å². The number of hydrogen-bond acceptors (Lipinski definition) is 6. The van der Waals surface area contributed by atoms with Gasteiger partial charge in [-0.2, -0.15) is 0 Å². The molecule has 124 valence electrons. The van der Waals surface area contributed by atoms with E-state index in [1.54, 1.807) is 20.3 Å². The van der Waals surface area contributed by atoms with Crippen molar-refractivity contribution in [2.75, 3.05) is 14.2 Å². The van der Waals surface area contributed by atoms with Crippen LogP contribution >= 0.6 is 11.8 Å². The van der Waals surface area contributed by atoms with Crippen molar-refractivity contribution in [2.24, 2.45) is 0 Å². The lowest BCUT2D eigenvalue weighted by molar-refractivity contribution is 0.410. The molecule has 0 fully saturated rings. The highest BCUT2D eigenvalue weighted by Gasteiger charge is 2.11. The van der Waals surface area contributed by atoms with Gasteiger partial charge in [-0.05, 0) is 42.5 Å². The van der Waals surface area contributed by atoms with Gasteiger partial charge in [0.2, 0.25) is 5.89 Å². The van der Waals surface area contributed by atoms with E-state index in [0.29, 0.717) is 22.6 Å². The fourth-order valence-electron chi connectivity index (χ4n) is 2.12. The normalized spacial score (nSPS) is 10.6. The van der Waals surface area contributed by atoms with Crippen molar-refractivity contribution >= 4 is 11.8 Å². The van der Waals surface area contributed by atoms with Gasteiger partial charge in [0.1, 0.15) is 17.3 Å². The predicted molar refractivity (Wildman–Crippen MR) is 88.8 cm³/mol. The minimum Gasteiger partial charge on any atom is -0.497 e. The zero-order valence-electron chi connectivity index (χ0n) is 13.2. The number of benzene rings is 2. The standard InChI is InChI=1S/C17H15FN2O3S/c1-21-14-6-3-11(4-7-14)16-19-20-17(23-16)24-10-12-9-13(18)5-8-15(12)22-2/h3-9H,10H2,1-2H3. The van der Waals surface area contributed by atoms with Crippen LogP contribution in [0.25, 0.3) is 11.5 Å². The Labute approximate surface area is 142 Å². The van der Waals surface area contributed by atoms with Gasteiger partial charge in [-0.15, -0.1) is 10.2 Å². The summed E-state index contributed by atoms with van der Waals surface area (Å²) in [5, 5.41) is 8.45. The van der Waals surface area contributed by atoms with Crippen LogP contribution in [0.15, 0.2) is 52.1 Å². The minimum absolute atomic E-state index is 0.309. The summed E-state index contributed by atoms with van der Waals surface area (Å²) in [4.78, 5) is 0. The summed E-state index contributed by atoms with van der Waals surface area (Å²) >= 11 is 1.32. The van der Waals surface area contributed by atoms with Crippen molar-refractivity contribution in [1.82, 2.24) is 10.2 Å². The molecular weight excluding hydrogens is 331 g/mol. The van der Waals surface area contributed by atoms with Crippen molar-refractivity contribution < 1.29 is 18.3 Å². The molecule has 2 aromatic carbocycles. The molecule has 0 saturated heterocycles. The topological polar surface area (TPSA) is 57.4 Å². The van der Waals surface area contributed by atoms with E-state index in [1.165, 1.54) is 23.9 Å². The number of aromatic nitrogens is 2. The molecule has 0 amide bonds. The van der Waals surface area contributed by atoms with Crippen molar-refractivity contribution in [3.63, 3.8) is 0 Å². The molecule has 0 radical (unpaired) electrons. The van der Waals surface area contributed by atoms with Crippen LogP contribution in [0.2, 0.25) is 0 Å². The van der Waals surface area contributed by atoms with E-state index in [4.69, 9.17) is 13.9 Å². The van der Waals surface area contributed by atoms with E-state index in [0.717, 1.165) is 16.9 Å². The molecule has 0 bridgehead atoms. The summed E-state index contributed by atoms with van der Waals surface area (Å²) in [5.74, 6) is 1.96. The first-order chi connectivity index (χ1) is 11.7. The minimum atomic E-state index is -0.309. The molecule has 0 aliphatic rings. The van der Waals surface area contributed by atoms with Crippen LogP contribution in [0.1, 0.15) is 5.56 Å². The molecule has 1 heterocycles. The van der Waals surface area contributed by atoms with Crippen LogP contribution in [0.4, 0.5) is 4.39 Å². The average Bonchev–Trinajstić information content (AvgIpc) is 3.09. The van der Waals surface area contributed by atoms with Crippen LogP contribution in [0, 0.1) is 5.82 Å². The fraction of sp³-hybridized carbons (Fsp3) is 0.176. The Kier molecular flexibility index (Phi) is 5.00. The lowest BCUT2D eigenvalue weighted by Gasteiger charge is -2.06. The fourth-order valence-corrected chi connectivity index (χ4v) is 2.86. The first kappa shape index (κ1) is 16.3. The number of halogens is 1. The molecule has 3 rings (SSSR count). The summed E-state index contributed by atoms with van der Waals surface area (Å²) in [6.45, 7) is 0. The molecule has 0 atom stereocenters. The Balaban J connectivity index is 1.71. The molecule has 0 unspecified atom stereocenters. The second-order valence-electron chi connectivity index (χ2n) is 4.85. The van der Waals surface area contributed by atoms with Crippen LogP contribution in [-0.4, -0.2) is 24.4 Å². The highest BCUT2D eigenvalue weighted by atomic mass is 32.2. The Morgan fingerprint density at radius 3 is 2.54 bits per heavy atom. The number of rotatable bonds is 6. The molecule has 0 N–H and O–H groups in total. The third-order valence-electron chi connectivity index (χ3n) is 3.34. The molecular formula is C17H15FN2O3S. The molecule has 0 spiro atoms. The number of methoxy groups -OCH3 is 2. The monoisotopic (exact) mass is 346 g/mol. The molecule has 0 saturated carbocycles. The Morgan fingerprint density at radius 2 is 1.83 bits per heavy atom. The number of ether oxygens (including phenoxy) is 2. The van der Waals surface area contributed by atoms with Gasteiger partial charge in [0.15, 0.2) is 0 Å². The zero-order chi connectivity index (χ0) is 16.9. The molecule has 7 heteroatoms. The van der Waals surface area contributed by atoms with Crippen LogP contribution < -0.4 is 9.47 Å². The van der Waals surface area contributed by atoms with Gasteiger partial charge in [-0.3, -0.25) is 0 Å². The lowest BCUT2D eigenvalue weighted by atomic mass is 10.2. The van der Waals surface area contributed by atoms with Crippen molar-refractivity contribution in [1.29, 1.82) is 0 Å². The molecule has 1 aromatic heterocycles. The number of thioether (sulfide) groups is 1. The number of hydrogen-bond donors (Lipinski definition) is 0. The summed E-state index contributed by atoms with van der Waals surface area (Å²) < 4.78 is 29.3. The third kappa shape index (κ3) is 3.68. The largest absolute Gasteiger partial charge is 0.497 e. The van der Waals surface area contributed by atoms with Crippen LogP contribution in [0.3, 0.4) is 0 Å². The van der Waals surface area contributed by atoms with E-state index in [9.17, 15) is 4.39 Å². The van der Waals surface area contributed by atoms with Gasteiger partial charge in [0, 0.05) is 16.9 Å². The highest BCUT2D eigenvalue weighted by molar-refractivity contribution is 7.98. The van der Waals surface area contributed by atoms with Gasteiger partial charge in [0.25, 0.3) is 5.22 Å². The summed E-state index contributed by atoms with van der Waals surface area (Å²) in [6, 6.07) is 11.7. The second kappa shape index (κ2) is 7.35. The summed E-state index contributed by atoms with van der Waals surface area (Å²) in [7, 11) is 3.16. The second-order valence-corrected chi connectivity index (χ2v) is 5.77. The Hall–Kier alpha value is -2.54. The molecule has 5 nitrogen and oxygen atoms in total. The maximum absolute atomic E-state index is 13.4. The first-order valence-corrected chi connectivity index (χ1v) is 8.11. The molecule has 3 aromatic rings. The van der Waals surface area contributed by atoms with E-state index >= 15 is 0 Å². The first-order valence-electron chi connectivity index (χ1n) is 7.12. The Bertz CT molecular complexity index is 821. The smallest absolute Gasteiger partial charge is 0.277 e. The van der Waals surface area contributed by atoms with Crippen LogP contribution in [0.5, 0.6) is 11.5 Å². The van der Waals surface area contributed by atoms with Crippen molar-refractivity contribution in [2.45, 2.75) is 11.0 Å². The van der Waals surface area contributed by atoms with Gasteiger partial charge in [-0.25, -0.2) is 4.39 Å². The summed E-state index contributed by atoms with van der Waals surface area (Å²) in [5.41, 5.74) is 1.53. The number of nitrogens with zero attached hydrogens (tertiary/aromatic N) is 2. The van der Waals surface area contributed by atoms with Gasteiger partial charge >= 0.3 is 0 Å². The maximum atomic E-state index is 13.4. The quantitative estimate of drug-likeness (QED) is 0.624. The average molecular weight is 346 g/mol. The molecule has 0 aliphatic heterocycles. The van der Waals surface area contributed by atoms with Crippen molar-refractivity contribution in [3.8, 4) is 23.0 Å². The maximum Gasteiger partial charge on any atom is 0.277 e. The van der Waals surface area contributed by atoms with E-state index in [2.05, 4.69) is 10.2 Å². The highest BCUT2D eigenvalue weighted by Crippen LogP contribution is 2.30. The lowest BCUT2D eigenvalue weighted by Crippen LogP contribution is -1.91. The predicted octanol–water partition coefficient (Wildman–Crippen LogP) is 4.19. The van der Waals surface area contributed by atoms with Gasteiger partial charge in [0.05, 0.1) is 14.2 Å².